The highest BCUT2D eigenvalue weighted by Crippen LogP contribution is 2.31. The number of carbonyl (C=O) groups excluding carboxylic acids is 2. The average Bonchev–Trinajstić information content (AvgIpc) is 2.56. The summed E-state index contributed by atoms with van der Waals surface area (Å²) in [5.74, 6) is 0. The maximum absolute atomic E-state index is 12.0. The van der Waals surface area contributed by atoms with Crippen LogP contribution in [0.5, 0.6) is 0 Å². The van der Waals surface area contributed by atoms with Crippen LogP contribution < -0.4 is 16.0 Å². The van der Waals surface area contributed by atoms with Crippen LogP contribution in [0.25, 0.3) is 0 Å². The molecule has 0 saturated carbocycles. The number of rotatable bonds is 4. The van der Waals surface area contributed by atoms with Crippen molar-refractivity contribution in [3.8, 4) is 0 Å². The van der Waals surface area contributed by atoms with Crippen LogP contribution in [0.2, 0.25) is 5.02 Å². The van der Waals surface area contributed by atoms with Crippen LogP contribution in [0.15, 0.2) is 54.6 Å². The number of para-hydroxylation sites is 1. The highest BCUT2D eigenvalue weighted by molar-refractivity contribution is 6.68. The minimum atomic E-state index is -2.09. The van der Waals surface area contributed by atoms with E-state index in [0.29, 0.717) is 16.4 Å². The number of anilines is 2. The SMILES string of the molecule is O=C(Nc1ccccc1)N[C@H](OC(=O)Nc1ccc(Cl)cc1)C(Cl)(Cl)Cl. The van der Waals surface area contributed by atoms with E-state index >= 15 is 0 Å². The third kappa shape index (κ3) is 6.80. The number of urea groups is 1. The summed E-state index contributed by atoms with van der Waals surface area (Å²) in [7, 11) is 0. The first kappa shape index (κ1) is 20.5. The Morgan fingerprint density at radius 2 is 1.46 bits per heavy atom. The van der Waals surface area contributed by atoms with Gasteiger partial charge in [-0.25, -0.2) is 9.59 Å². The zero-order chi connectivity index (χ0) is 19.2. The molecule has 0 unspecified atom stereocenters. The quantitative estimate of drug-likeness (QED) is 0.443. The number of amides is 3. The molecule has 3 amide bonds. The molecule has 3 N–H and O–H groups in total. The Labute approximate surface area is 169 Å². The lowest BCUT2D eigenvalue weighted by molar-refractivity contribution is 0.0985. The van der Waals surface area contributed by atoms with Crippen LogP contribution in [0.3, 0.4) is 0 Å². The Morgan fingerprint density at radius 3 is 2.04 bits per heavy atom. The lowest BCUT2D eigenvalue weighted by Gasteiger charge is -2.25. The molecule has 26 heavy (non-hydrogen) atoms. The van der Waals surface area contributed by atoms with E-state index in [0.717, 1.165) is 0 Å². The van der Waals surface area contributed by atoms with Gasteiger partial charge in [0.25, 0.3) is 0 Å². The van der Waals surface area contributed by atoms with Gasteiger partial charge >= 0.3 is 12.1 Å². The minimum Gasteiger partial charge on any atom is -0.421 e. The highest BCUT2D eigenvalue weighted by Gasteiger charge is 2.37. The zero-order valence-corrected chi connectivity index (χ0v) is 16.0. The molecule has 0 aliphatic carbocycles. The van der Waals surface area contributed by atoms with Gasteiger partial charge in [0.1, 0.15) is 0 Å². The Hall–Kier alpha value is -1.86. The first-order valence-corrected chi connectivity index (χ1v) is 8.68. The molecule has 0 fully saturated rings. The van der Waals surface area contributed by atoms with Crippen molar-refractivity contribution in [2.45, 2.75) is 10.0 Å². The Kier molecular flexibility index (Phi) is 7.23. The molecular formula is C16H13Cl4N3O3. The van der Waals surface area contributed by atoms with Crippen molar-refractivity contribution in [1.82, 2.24) is 5.32 Å². The topological polar surface area (TPSA) is 79.5 Å². The summed E-state index contributed by atoms with van der Waals surface area (Å²) in [6.45, 7) is 0. The molecule has 138 valence electrons. The fraction of sp³-hybridized carbons (Fsp3) is 0.125. The molecular weight excluding hydrogens is 424 g/mol. The van der Waals surface area contributed by atoms with E-state index in [1.54, 1.807) is 54.6 Å². The van der Waals surface area contributed by atoms with Crippen LogP contribution in [-0.4, -0.2) is 22.1 Å². The van der Waals surface area contributed by atoms with E-state index in [4.69, 9.17) is 51.1 Å². The van der Waals surface area contributed by atoms with Crippen molar-refractivity contribution in [2.24, 2.45) is 0 Å². The standard InChI is InChI=1S/C16H13Cl4N3O3/c17-10-6-8-12(9-7-10)22-15(25)26-13(16(18,19)20)23-14(24)21-11-4-2-1-3-5-11/h1-9,13H,(H,22,25)(H2,21,23,24)/t13-/m1/s1. The second kappa shape index (κ2) is 9.19. The third-order valence-corrected chi connectivity index (χ3v) is 3.75. The zero-order valence-electron chi connectivity index (χ0n) is 13.0. The summed E-state index contributed by atoms with van der Waals surface area (Å²) < 4.78 is 2.91. The monoisotopic (exact) mass is 435 g/mol. The lowest BCUT2D eigenvalue weighted by Crippen LogP contribution is -2.48. The molecule has 0 aliphatic rings. The highest BCUT2D eigenvalue weighted by atomic mass is 35.6. The molecule has 0 aromatic heterocycles. The van der Waals surface area contributed by atoms with Gasteiger partial charge in [0.15, 0.2) is 0 Å². The maximum atomic E-state index is 12.0. The second-order valence-electron chi connectivity index (χ2n) is 4.92. The van der Waals surface area contributed by atoms with Crippen LogP contribution in [0, 0.1) is 0 Å². The van der Waals surface area contributed by atoms with Crippen LogP contribution in [0.1, 0.15) is 0 Å². The van der Waals surface area contributed by atoms with Gasteiger partial charge < -0.3 is 10.1 Å². The fourth-order valence-electron chi connectivity index (χ4n) is 1.77. The van der Waals surface area contributed by atoms with Gasteiger partial charge in [-0.15, -0.1) is 0 Å². The molecule has 0 bridgehead atoms. The van der Waals surface area contributed by atoms with Crippen molar-refractivity contribution < 1.29 is 14.3 Å². The van der Waals surface area contributed by atoms with Gasteiger partial charge in [0.2, 0.25) is 10.0 Å². The van der Waals surface area contributed by atoms with E-state index in [9.17, 15) is 9.59 Å². The molecule has 2 aromatic carbocycles. The maximum Gasteiger partial charge on any atom is 0.413 e. The normalized spacial score (nSPS) is 12.0. The largest absolute Gasteiger partial charge is 0.421 e. The van der Waals surface area contributed by atoms with Gasteiger partial charge in [-0.05, 0) is 36.4 Å². The third-order valence-electron chi connectivity index (χ3n) is 2.91. The van der Waals surface area contributed by atoms with E-state index in [1.807, 2.05) is 0 Å². The van der Waals surface area contributed by atoms with E-state index in [2.05, 4.69) is 16.0 Å². The number of hydrogen-bond acceptors (Lipinski definition) is 3. The first-order valence-electron chi connectivity index (χ1n) is 7.16. The second-order valence-corrected chi connectivity index (χ2v) is 7.73. The number of halogens is 4. The molecule has 1 atom stereocenters. The Bertz CT molecular complexity index is 752. The molecule has 2 aromatic rings. The van der Waals surface area contributed by atoms with Crippen molar-refractivity contribution in [3.05, 3.63) is 59.6 Å². The number of carbonyl (C=O) groups is 2. The number of hydrogen-bond donors (Lipinski definition) is 3. The number of nitrogens with one attached hydrogen (secondary N) is 3. The molecule has 0 radical (unpaired) electrons. The van der Waals surface area contributed by atoms with Crippen molar-refractivity contribution in [3.63, 3.8) is 0 Å². The summed E-state index contributed by atoms with van der Waals surface area (Å²) in [5, 5.41) is 7.73. The van der Waals surface area contributed by atoms with Gasteiger partial charge in [-0.2, -0.15) is 0 Å². The smallest absolute Gasteiger partial charge is 0.413 e. The van der Waals surface area contributed by atoms with E-state index in [-0.39, 0.29) is 0 Å². The van der Waals surface area contributed by atoms with Crippen molar-refractivity contribution in [1.29, 1.82) is 0 Å². The molecule has 0 aliphatic heterocycles. The summed E-state index contributed by atoms with van der Waals surface area (Å²) in [6.07, 6.45) is -2.47. The summed E-state index contributed by atoms with van der Waals surface area (Å²) in [4.78, 5) is 24.0. The van der Waals surface area contributed by atoms with Crippen LogP contribution in [0.4, 0.5) is 21.0 Å². The van der Waals surface area contributed by atoms with Gasteiger partial charge in [0, 0.05) is 16.4 Å². The summed E-state index contributed by atoms with van der Waals surface area (Å²) in [6, 6.07) is 14.1. The van der Waals surface area contributed by atoms with Gasteiger partial charge in [-0.3, -0.25) is 10.6 Å². The van der Waals surface area contributed by atoms with Gasteiger partial charge in [0.05, 0.1) is 0 Å². The average molecular weight is 437 g/mol. The fourth-order valence-corrected chi connectivity index (χ4v) is 2.20. The predicted molar refractivity (Wildman–Crippen MR) is 104 cm³/mol. The van der Waals surface area contributed by atoms with Gasteiger partial charge in [-0.1, -0.05) is 64.6 Å². The molecule has 0 saturated heterocycles. The number of alkyl halides is 3. The predicted octanol–water partition coefficient (Wildman–Crippen LogP) is 5.41. The Morgan fingerprint density at radius 1 is 0.885 bits per heavy atom. The van der Waals surface area contributed by atoms with Crippen LogP contribution >= 0.6 is 46.4 Å². The summed E-state index contributed by atoms with van der Waals surface area (Å²) >= 11 is 23.1. The van der Waals surface area contributed by atoms with E-state index < -0.39 is 22.1 Å². The summed E-state index contributed by atoms with van der Waals surface area (Å²) in [5.41, 5.74) is 0.926. The number of benzene rings is 2. The minimum absolute atomic E-state index is 0.413. The Balaban J connectivity index is 1.97. The molecule has 0 heterocycles. The molecule has 6 nitrogen and oxygen atoms in total. The molecule has 2 rings (SSSR count). The molecule has 0 spiro atoms. The van der Waals surface area contributed by atoms with Crippen molar-refractivity contribution in [2.75, 3.05) is 10.6 Å². The number of ether oxygens (including phenoxy) is 1. The van der Waals surface area contributed by atoms with Crippen LogP contribution in [-0.2, 0) is 4.74 Å². The molecule has 10 heteroatoms. The first-order chi connectivity index (χ1) is 12.2. The lowest BCUT2D eigenvalue weighted by atomic mass is 10.3. The van der Waals surface area contributed by atoms with Crippen molar-refractivity contribution >= 4 is 69.9 Å². The van der Waals surface area contributed by atoms with E-state index in [1.165, 1.54) is 0 Å².